The highest BCUT2D eigenvalue weighted by atomic mass is 16.5. The van der Waals surface area contributed by atoms with Gasteiger partial charge in [-0.25, -0.2) is 4.68 Å². The van der Waals surface area contributed by atoms with E-state index in [4.69, 9.17) is 4.74 Å². The molecule has 1 unspecified atom stereocenters. The maximum Gasteiger partial charge on any atom is 0.124 e. The number of nitrogens with one attached hydrogen (secondary N) is 1. The molecule has 2 heterocycles. The van der Waals surface area contributed by atoms with E-state index in [9.17, 15) is 0 Å². The van der Waals surface area contributed by atoms with Gasteiger partial charge < -0.3 is 10.1 Å². The summed E-state index contributed by atoms with van der Waals surface area (Å²) in [5, 5.41) is 7.77. The fraction of sp³-hybridized carbons (Fsp3) is 0.357. The van der Waals surface area contributed by atoms with Crippen LogP contribution in [0, 0.1) is 0 Å². The van der Waals surface area contributed by atoms with Crippen molar-refractivity contribution in [3.05, 3.63) is 42.1 Å². The summed E-state index contributed by atoms with van der Waals surface area (Å²) in [5.74, 6) is 2.05. The third-order valence-electron chi connectivity index (χ3n) is 3.27. The van der Waals surface area contributed by atoms with Crippen molar-refractivity contribution in [1.29, 1.82) is 0 Å². The standard InChI is InChI=1S/C14H17N3O/c1-2-18-13-6-4-3-5-11(13)12-7-9-15-14-8-10-16-17(12)14/h3-6,8,10,12,15H,2,7,9H2,1H3. The first kappa shape index (κ1) is 11.1. The zero-order valence-electron chi connectivity index (χ0n) is 10.5. The number of anilines is 1. The number of benzene rings is 1. The van der Waals surface area contributed by atoms with Gasteiger partial charge in [0.15, 0.2) is 0 Å². The molecule has 94 valence electrons. The molecule has 1 atom stereocenters. The van der Waals surface area contributed by atoms with Crippen LogP contribution >= 0.6 is 0 Å². The number of fused-ring (bicyclic) bond motifs is 1. The first-order chi connectivity index (χ1) is 8.90. The molecule has 0 spiro atoms. The van der Waals surface area contributed by atoms with Crippen LogP contribution in [-0.4, -0.2) is 22.9 Å². The van der Waals surface area contributed by atoms with Crippen LogP contribution in [0.25, 0.3) is 0 Å². The number of ether oxygens (including phenoxy) is 1. The van der Waals surface area contributed by atoms with Crippen LogP contribution in [0.4, 0.5) is 5.82 Å². The first-order valence-electron chi connectivity index (χ1n) is 6.39. The van der Waals surface area contributed by atoms with Crippen LogP contribution in [0.1, 0.15) is 24.9 Å². The van der Waals surface area contributed by atoms with Gasteiger partial charge in [0.1, 0.15) is 11.6 Å². The molecule has 1 N–H and O–H groups in total. The zero-order chi connectivity index (χ0) is 12.4. The molecule has 0 amide bonds. The number of hydrogen-bond donors (Lipinski definition) is 1. The molecular weight excluding hydrogens is 226 g/mol. The molecule has 3 rings (SSSR count). The Balaban J connectivity index is 2.02. The van der Waals surface area contributed by atoms with Gasteiger partial charge in [0.05, 0.1) is 18.8 Å². The lowest BCUT2D eigenvalue weighted by atomic mass is 10.0. The van der Waals surface area contributed by atoms with Crippen LogP contribution in [0.15, 0.2) is 36.5 Å². The SMILES string of the molecule is CCOc1ccccc1C1CCNc2ccnn21. The van der Waals surface area contributed by atoms with E-state index in [0.29, 0.717) is 6.61 Å². The largest absolute Gasteiger partial charge is 0.494 e. The maximum atomic E-state index is 5.72. The topological polar surface area (TPSA) is 39.1 Å². The minimum Gasteiger partial charge on any atom is -0.494 e. The third-order valence-corrected chi connectivity index (χ3v) is 3.27. The summed E-state index contributed by atoms with van der Waals surface area (Å²) >= 11 is 0. The van der Waals surface area contributed by atoms with Crippen molar-refractivity contribution in [2.45, 2.75) is 19.4 Å². The lowest BCUT2D eigenvalue weighted by Gasteiger charge is -2.27. The first-order valence-corrected chi connectivity index (χ1v) is 6.39. The van der Waals surface area contributed by atoms with Crippen molar-refractivity contribution >= 4 is 5.82 Å². The molecule has 0 saturated heterocycles. The lowest BCUT2D eigenvalue weighted by molar-refractivity contribution is 0.328. The predicted octanol–water partition coefficient (Wildman–Crippen LogP) is 2.69. The monoisotopic (exact) mass is 243 g/mol. The Hall–Kier alpha value is -1.97. The van der Waals surface area contributed by atoms with Gasteiger partial charge in [-0.15, -0.1) is 0 Å². The van der Waals surface area contributed by atoms with Gasteiger partial charge in [0.25, 0.3) is 0 Å². The predicted molar refractivity (Wildman–Crippen MR) is 71.1 cm³/mol. The lowest BCUT2D eigenvalue weighted by Crippen LogP contribution is -2.24. The molecule has 0 radical (unpaired) electrons. The van der Waals surface area contributed by atoms with E-state index in [2.05, 4.69) is 22.5 Å². The highest BCUT2D eigenvalue weighted by Gasteiger charge is 2.23. The van der Waals surface area contributed by atoms with Crippen molar-refractivity contribution in [3.8, 4) is 5.75 Å². The average Bonchev–Trinajstić information content (AvgIpc) is 2.88. The number of para-hydroxylation sites is 1. The van der Waals surface area contributed by atoms with E-state index >= 15 is 0 Å². The average molecular weight is 243 g/mol. The fourth-order valence-corrected chi connectivity index (χ4v) is 2.49. The maximum absolute atomic E-state index is 5.72. The van der Waals surface area contributed by atoms with Gasteiger partial charge in [-0.05, 0) is 19.4 Å². The van der Waals surface area contributed by atoms with Crippen LogP contribution < -0.4 is 10.1 Å². The smallest absolute Gasteiger partial charge is 0.124 e. The summed E-state index contributed by atoms with van der Waals surface area (Å²) in [6.45, 7) is 3.67. The summed E-state index contributed by atoms with van der Waals surface area (Å²) in [5.41, 5.74) is 1.21. The van der Waals surface area contributed by atoms with Crippen molar-refractivity contribution in [2.75, 3.05) is 18.5 Å². The normalized spacial score (nSPS) is 17.9. The van der Waals surface area contributed by atoms with Crippen molar-refractivity contribution in [3.63, 3.8) is 0 Å². The van der Waals surface area contributed by atoms with E-state index in [-0.39, 0.29) is 6.04 Å². The minimum atomic E-state index is 0.263. The Kier molecular flexibility index (Phi) is 2.92. The molecular formula is C14H17N3O. The molecule has 4 nitrogen and oxygen atoms in total. The minimum absolute atomic E-state index is 0.263. The molecule has 1 aromatic heterocycles. The highest BCUT2D eigenvalue weighted by molar-refractivity contribution is 5.42. The fourth-order valence-electron chi connectivity index (χ4n) is 2.49. The van der Waals surface area contributed by atoms with Gasteiger partial charge in [-0.1, -0.05) is 18.2 Å². The van der Waals surface area contributed by atoms with Gasteiger partial charge in [0, 0.05) is 18.2 Å². The van der Waals surface area contributed by atoms with E-state index in [1.165, 1.54) is 5.56 Å². The van der Waals surface area contributed by atoms with Crippen molar-refractivity contribution < 1.29 is 4.74 Å². The van der Waals surface area contributed by atoms with Crippen molar-refractivity contribution in [2.24, 2.45) is 0 Å². The summed E-state index contributed by atoms with van der Waals surface area (Å²) in [4.78, 5) is 0. The summed E-state index contributed by atoms with van der Waals surface area (Å²) in [7, 11) is 0. The Morgan fingerprint density at radius 3 is 3.17 bits per heavy atom. The van der Waals surface area contributed by atoms with E-state index in [1.807, 2.05) is 36.0 Å². The highest BCUT2D eigenvalue weighted by Crippen LogP contribution is 2.34. The van der Waals surface area contributed by atoms with Crippen LogP contribution in [0.2, 0.25) is 0 Å². The molecule has 4 heteroatoms. The number of rotatable bonds is 3. The second-order valence-electron chi connectivity index (χ2n) is 4.36. The van der Waals surface area contributed by atoms with Gasteiger partial charge in [0.2, 0.25) is 0 Å². The molecule has 0 fully saturated rings. The Morgan fingerprint density at radius 1 is 1.39 bits per heavy atom. The van der Waals surface area contributed by atoms with Crippen molar-refractivity contribution in [1.82, 2.24) is 9.78 Å². The molecule has 0 aliphatic carbocycles. The van der Waals surface area contributed by atoms with Crippen LogP contribution in [0.3, 0.4) is 0 Å². The molecule has 2 aromatic rings. The molecule has 0 saturated carbocycles. The molecule has 1 aromatic carbocycles. The van der Waals surface area contributed by atoms with Crippen LogP contribution in [-0.2, 0) is 0 Å². The number of hydrogen-bond acceptors (Lipinski definition) is 3. The second kappa shape index (κ2) is 4.72. The zero-order valence-corrected chi connectivity index (χ0v) is 10.5. The van der Waals surface area contributed by atoms with E-state index < -0.39 is 0 Å². The van der Waals surface area contributed by atoms with Crippen LogP contribution in [0.5, 0.6) is 5.75 Å². The molecule has 1 aliphatic rings. The van der Waals surface area contributed by atoms with E-state index in [0.717, 1.165) is 24.5 Å². The quantitative estimate of drug-likeness (QED) is 0.900. The van der Waals surface area contributed by atoms with Gasteiger partial charge >= 0.3 is 0 Å². The summed E-state index contributed by atoms with van der Waals surface area (Å²) in [6.07, 6.45) is 2.86. The Morgan fingerprint density at radius 2 is 2.28 bits per heavy atom. The summed E-state index contributed by atoms with van der Waals surface area (Å²) in [6, 6.07) is 10.5. The number of nitrogens with zero attached hydrogens (tertiary/aromatic N) is 2. The molecule has 1 aliphatic heterocycles. The third kappa shape index (κ3) is 1.83. The molecule has 0 bridgehead atoms. The van der Waals surface area contributed by atoms with E-state index in [1.54, 1.807) is 0 Å². The van der Waals surface area contributed by atoms with Gasteiger partial charge in [-0.3, -0.25) is 0 Å². The second-order valence-corrected chi connectivity index (χ2v) is 4.36. The summed E-state index contributed by atoms with van der Waals surface area (Å²) < 4.78 is 7.76. The number of aromatic nitrogens is 2. The van der Waals surface area contributed by atoms with Gasteiger partial charge in [-0.2, -0.15) is 5.10 Å². The Labute approximate surface area is 107 Å². The molecule has 18 heavy (non-hydrogen) atoms. The Bertz CT molecular complexity index is 535.